The standard InChI is InChI=1S/C67H106O30/c1-26(86-31(6)69)20-40(74)92-50-29(4)90-60(54(47(50)81)95-59-53(91-32(7)70)48(82)51(30(5)89-59)93-56-49(83)52(36(72)24-85-56)94-57-45(79)43(77)41(75)27(2)87-57)97-61(84)67-19-18-62(8,9)21-34(67)33-14-15-38-63(10)22-35(71)55(96-58-46(80)44(78)42(76)28(3)88-58)64(11,25-68)37(63)16-17-65(38,12)66(33,13)23-39(67)73/h14,26-30,34-39,41-60,68,71-73,75-83H,15-25H2,1-13H3/t26-,27-,28-,29+,30-,34-,35-,36+,37+,38+,39+,41-,42-,43+,44+,45+,46+,47-,48+,49+,50-,51-,52-,53+,54+,55-,56-,57-,58-,59-,60-,63-,64-,65+,66+,67+/m0/s1. The summed E-state index contributed by atoms with van der Waals surface area (Å²) in [7, 11) is 0. The molecule has 30 heteroatoms. The first kappa shape index (κ1) is 76.4. The highest BCUT2D eigenvalue weighted by atomic mass is 16.8. The van der Waals surface area contributed by atoms with Crippen LogP contribution in [0, 0.1) is 50.2 Å². The van der Waals surface area contributed by atoms with Crippen LogP contribution in [-0.2, 0) is 80.8 Å². The molecule has 13 N–H and O–H groups in total. The highest BCUT2D eigenvalue weighted by molar-refractivity contribution is 5.80. The molecule has 0 aromatic heterocycles. The van der Waals surface area contributed by atoms with Gasteiger partial charge >= 0.3 is 23.9 Å². The molecule has 0 aromatic rings. The minimum Gasteiger partial charge on any atom is -0.462 e. The summed E-state index contributed by atoms with van der Waals surface area (Å²) in [6.45, 7) is 20.9. The van der Waals surface area contributed by atoms with Crippen LogP contribution in [0.4, 0.5) is 0 Å². The normalized spacial score (nSPS) is 51.5. The van der Waals surface area contributed by atoms with Gasteiger partial charge in [-0.3, -0.25) is 19.2 Å². The molecule has 5 aliphatic carbocycles. The number of hydrogen-bond donors (Lipinski definition) is 13. The second kappa shape index (κ2) is 28.4. The van der Waals surface area contributed by atoms with Crippen molar-refractivity contribution in [3.05, 3.63) is 11.6 Å². The molecule has 0 radical (unpaired) electrons. The molecule has 0 unspecified atom stereocenters. The van der Waals surface area contributed by atoms with Gasteiger partial charge in [0.2, 0.25) is 6.29 Å². The second-order valence-electron chi connectivity index (χ2n) is 31.4. The summed E-state index contributed by atoms with van der Waals surface area (Å²) in [5, 5.41) is 148. The molecule has 9 fully saturated rings. The average Bonchev–Trinajstić information content (AvgIpc) is 0.673. The molecule has 36 atom stereocenters. The van der Waals surface area contributed by atoms with Gasteiger partial charge in [0.25, 0.3) is 0 Å². The van der Waals surface area contributed by atoms with Gasteiger partial charge in [0.1, 0.15) is 84.8 Å². The monoisotopic (exact) mass is 1390 g/mol. The Morgan fingerprint density at radius 1 is 0.546 bits per heavy atom. The zero-order valence-electron chi connectivity index (χ0n) is 57.5. The van der Waals surface area contributed by atoms with Gasteiger partial charge in [0, 0.05) is 19.3 Å². The van der Waals surface area contributed by atoms with Crippen molar-refractivity contribution >= 4 is 23.9 Å². The summed E-state index contributed by atoms with van der Waals surface area (Å²) >= 11 is 0. The number of ether oxygens (including phenoxy) is 13. The Hall–Kier alpha value is -3.26. The van der Waals surface area contributed by atoms with Crippen molar-refractivity contribution in [2.24, 2.45) is 50.2 Å². The van der Waals surface area contributed by atoms with Gasteiger partial charge in [0.15, 0.2) is 43.5 Å². The number of aliphatic hydroxyl groups excluding tert-OH is 13. The number of fused-ring (bicyclic) bond motifs is 7. The van der Waals surface area contributed by atoms with E-state index in [2.05, 4.69) is 40.7 Å². The maximum Gasteiger partial charge on any atom is 0.317 e. The van der Waals surface area contributed by atoms with Crippen molar-refractivity contribution in [3.8, 4) is 0 Å². The van der Waals surface area contributed by atoms with Gasteiger partial charge < -0.3 is 128 Å². The summed E-state index contributed by atoms with van der Waals surface area (Å²) in [5.74, 6) is -4.60. The van der Waals surface area contributed by atoms with Crippen LogP contribution in [0.15, 0.2) is 11.6 Å². The van der Waals surface area contributed by atoms with Gasteiger partial charge in [-0.1, -0.05) is 53.2 Å². The lowest BCUT2D eigenvalue weighted by atomic mass is 9.33. The molecule has 5 heterocycles. The van der Waals surface area contributed by atoms with E-state index in [0.29, 0.717) is 32.1 Å². The minimum atomic E-state index is -1.98. The van der Waals surface area contributed by atoms with E-state index >= 15 is 4.79 Å². The second-order valence-corrected chi connectivity index (χ2v) is 31.4. The molecule has 554 valence electrons. The molecule has 0 aromatic carbocycles. The Morgan fingerprint density at radius 3 is 1.72 bits per heavy atom. The zero-order valence-corrected chi connectivity index (χ0v) is 57.5. The fourth-order valence-corrected chi connectivity index (χ4v) is 19.0. The number of aliphatic hydroxyl groups is 13. The largest absolute Gasteiger partial charge is 0.462 e. The molecule has 5 saturated heterocycles. The predicted molar refractivity (Wildman–Crippen MR) is 327 cm³/mol. The first-order valence-corrected chi connectivity index (χ1v) is 34.3. The summed E-state index contributed by atoms with van der Waals surface area (Å²) in [6, 6.07) is 0. The van der Waals surface area contributed by atoms with Crippen molar-refractivity contribution in [1.82, 2.24) is 0 Å². The first-order valence-electron chi connectivity index (χ1n) is 34.3. The van der Waals surface area contributed by atoms with Crippen LogP contribution < -0.4 is 0 Å². The molecule has 0 amide bonds. The lowest BCUT2D eigenvalue weighted by Crippen LogP contribution is -2.70. The third-order valence-corrected chi connectivity index (χ3v) is 24.4. The summed E-state index contributed by atoms with van der Waals surface area (Å²) in [5.41, 5.74) is -4.28. The maximum atomic E-state index is 16.0. The lowest BCUT2D eigenvalue weighted by Gasteiger charge is -2.72. The summed E-state index contributed by atoms with van der Waals surface area (Å²) in [6.07, 6.45) is -38.9. The van der Waals surface area contributed by atoms with Gasteiger partial charge in [-0.25, -0.2) is 0 Å². The quantitative estimate of drug-likeness (QED) is 0.0378. The SMILES string of the molecule is CC(=O)O[C@H]1[C@H](O[C@H]2[C@H](OC(=O)[C@]34CCC(C)(C)C[C@H]3C3=CC[C@@H]5[C@@]6(C)C[C@H](O)[C@H](O[C@@H]7O[C@@H](C)[C@H](O)[C@@H](O)[C@H]7O)[C@@](C)(CO)[C@@H]6CC[C@@]5(C)[C@]3(C)C[C@H]4O)O[C@H](C)[C@H](OC(=O)C[C@H](C)OC(C)=O)[C@@H]2O)O[C@@H](C)[C@H](O[C@@H]2OC[C@@H](O)[C@H](O[C@@H]3O[C@@H](C)[C@H](O)[C@@H](O)[C@H]3O)[C@H]2O)[C@H]1O. The molecule has 10 aliphatic rings. The van der Waals surface area contributed by atoms with Crippen molar-refractivity contribution in [2.45, 2.75) is 320 Å². The van der Waals surface area contributed by atoms with Crippen LogP contribution in [0.3, 0.4) is 0 Å². The fraction of sp³-hybridized carbons (Fsp3) is 0.910. The maximum absolute atomic E-state index is 16.0. The molecule has 0 spiro atoms. The van der Waals surface area contributed by atoms with E-state index in [4.69, 9.17) is 61.6 Å². The molecule has 4 saturated carbocycles. The van der Waals surface area contributed by atoms with Gasteiger partial charge in [-0.15, -0.1) is 0 Å². The number of carbonyl (C=O) groups is 4. The van der Waals surface area contributed by atoms with Crippen molar-refractivity contribution < 1.29 is 147 Å². The highest BCUT2D eigenvalue weighted by Gasteiger charge is 2.73. The van der Waals surface area contributed by atoms with E-state index in [1.54, 1.807) is 0 Å². The number of allylic oxidation sites excluding steroid dienone is 2. The van der Waals surface area contributed by atoms with Crippen LogP contribution in [0.1, 0.15) is 148 Å². The summed E-state index contributed by atoms with van der Waals surface area (Å²) < 4.78 is 77.7. The van der Waals surface area contributed by atoms with E-state index < -0.39 is 248 Å². The van der Waals surface area contributed by atoms with E-state index in [-0.39, 0.29) is 36.5 Å². The summed E-state index contributed by atoms with van der Waals surface area (Å²) in [4.78, 5) is 54.4. The van der Waals surface area contributed by atoms with Crippen molar-refractivity contribution in [3.63, 3.8) is 0 Å². The predicted octanol–water partition coefficient (Wildman–Crippen LogP) is -1.08. The van der Waals surface area contributed by atoms with E-state index in [1.807, 2.05) is 6.92 Å². The third kappa shape index (κ3) is 13.6. The van der Waals surface area contributed by atoms with E-state index in [0.717, 1.165) is 19.4 Å². The smallest absolute Gasteiger partial charge is 0.317 e. The molecule has 30 nitrogen and oxygen atoms in total. The van der Waals surface area contributed by atoms with Crippen LogP contribution in [0.25, 0.3) is 0 Å². The van der Waals surface area contributed by atoms with Crippen LogP contribution >= 0.6 is 0 Å². The van der Waals surface area contributed by atoms with Gasteiger partial charge in [-0.2, -0.15) is 0 Å². The Labute approximate surface area is 564 Å². The Balaban J connectivity index is 0.930. The fourth-order valence-electron chi connectivity index (χ4n) is 19.0. The van der Waals surface area contributed by atoms with Crippen LogP contribution in [-0.4, -0.2) is 275 Å². The number of esters is 4. The van der Waals surface area contributed by atoms with Crippen LogP contribution in [0.5, 0.6) is 0 Å². The Kier molecular flexibility index (Phi) is 22.4. The highest BCUT2D eigenvalue weighted by Crippen LogP contribution is 2.76. The molecule has 10 rings (SSSR count). The lowest BCUT2D eigenvalue weighted by molar-refractivity contribution is -0.380. The van der Waals surface area contributed by atoms with Crippen molar-refractivity contribution in [2.75, 3.05) is 13.2 Å². The zero-order chi connectivity index (χ0) is 71.5. The van der Waals surface area contributed by atoms with Crippen LogP contribution in [0.2, 0.25) is 0 Å². The average molecular weight is 1390 g/mol. The number of rotatable bonds is 16. The number of carbonyl (C=O) groups excluding carboxylic acids is 4. The molecule has 97 heavy (non-hydrogen) atoms. The van der Waals surface area contributed by atoms with E-state index in [9.17, 15) is 80.8 Å². The topological polar surface area (TPSA) is 451 Å². The minimum absolute atomic E-state index is 0.0738. The van der Waals surface area contributed by atoms with Gasteiger partial charge in [-0.05, 0) is 125 Å². The molecular weight excluding hydrogens is 1280 g/mol. The van der Waals surface area contributed by atoms with Gasteiger partial charge in [0.05, 0.1) is 62.4 Å². The number of hydrogen-bond acceptors (Lipinski definition) is 30. The Bertz CT molecular complexity index is 2850. The molecule has 5 aliphatic heterocycles. The molecular formula is C67H106O30. The first-order chi connectivity index (χ1) is 45.2. The van der Waals surface area contributed by atoms with E-state index in [1.165, 1.54) is 34.6 Å². The third-order valence-electron chi connectivity index (χ3n) is 24.4. The Morgan fingerprint density at radius 2 is 1.11 bits per heavy atom. The molecule has 0 bridgehead atoms. The van der Waals surface area contributed by atoms with Crippen molar-refractivity contribution in [1.29, 1.82) is 0 Å².